The van der Waals surface area contributed by atoms with Crippen LogP contribution < -0.4 is 5.32 Å². The highest BCUT2D eigenvalue weighted by atomic mass is 127. The number of aliphatic imine (C=N–C) groups is 1. The van der Waals surface area contributed by atoms with Crippen molar-refractivity contribution in [2.24, 2.45) is 12.0 Å². The summed E-state index contributed by atoms with van der Waals surface area (Å²) in [5.41, 5.74) is 1.10. The fourth-order valence-corrected chi connectivity index (χ4v) is 3.87. The average Bonchev–Trinajstić information content (AvgIpc) is 3.02. The maximum Gasteiger partial charge on any atom is 0.193 e. The van der Waals surface area contributed by atoms with Crippen molar-refractivity contribution in [1.29, 1.82) is 0 Å². The summed E-state index contributed by atoms with van der Waals surface area (Å²) in [5.74, 6) is 1.37. The molecule has 1 N–H and O–H groups in total. The van der Waals surface area contributed by atoms with E-state index in [2.05, 4.69) is 41.2 Å². The van der Waals surface area contributed by atoms with E-state index in [9.17, 15) is 8.42 Å². The highest BCUT2D eigenvalue weighted by Gasteiger charge is 2.18. The van der Waals surface area contributed by atoms with Crippen LogP contribution in [0.15, 0.2) is 40.5 Å². The molecule has 8 nitrogen and oxygen atoms in total. The highest BCUT2D eigenvalue weighted by Crippen LogP contribution is 2.23. The lowest BCUT2D eigenvalue weighted by atomic mass is 9.87. The number of aromatic nitrogens is 3. The fourth-order valence-electron chi connectivity index (χ4n) is 2.71. The number of rotatable bonds is 6. The van der Waals surface area contributed by atoms with E-state index in [0.717, 1.165) is 11.4 Å². The summed E-state index contributed by atoms with van der Waals surface area (Å²) in [7, 11) is 1.98. The van der Waals surface area contributed by atoms with Crippen LogP contribution in [-0.2, 0) is 28.8 Å². The molecule has 0 fully saturated rings. The second kappa shape index (κ2) is 10.4. The number of aryl methyl sites for hydroxylation is 1. The lowest BCUT2D eigenvalue weighted by molar-refractivity contribution is 0.450. The van der Waals surface area contributed by atoms with Crippen LogP contribution in [0.5, 0.6) is 0 Å². The molecule has 2 rings (SSSR count). The molecule has 0 amide bonds. The van der Waals surface area contributed by atoms with E-state index in [0.29, 0.717) is 17.4 Å². The normalized spacial score (nSPS) is 12.4. The van der Waals surface area contributed by atoms with E-state index in [1.54, 1.807) is 23.9 Å². The van der Waals surface area contributed by atoms with E-state index in [-0.39, 0.29) is 41.7 Å². The molecule has 1 aromatic heterocycles. The van der Waals surface area contributed by atoms with Gasteiger partial charge in [-0.25, -0.2) is 13.4 Å². The van der Waals surface area contributed by atoms with Gasteiger partial charge in [0.15, 0.2) is 15.8 Å². The van der Waals surface area contributed by atoms with Crippen LogP contribution in [0.4, 0.5) is 0 Å². The number of benzene rings is 1. The highest BCUT2D eigenvalue weighted by molar-refractivity contribution is 14.0. The lowest BCUT2D eigenvalue weighted by Crippen LogP contribution is -2.40. The van der Waals surface area contributed by atoms with Crippen LogP contribution >= 0.6 is 24.0 Å². The van der Waals surface area contributed by atoms with Crippen molar-refractivity contribution < 1.29 is 8.42 Å². The largest absolute Gasteiger partial charge is 0.355 e. The number of halogens is 1. The number of nitrogens with zero attached hydrogens (tertiary/aromatic N) is 5. The van der Waals surface area contributed by atoms with Gasteiger partial charge in [0.25, 0.3) is 0 Å². The Labute approximate surface area is 190 Å². The topological polar surface area (TPSA) is 92.5 Å². The molecule has 0 aliphatic heterocycles. The predicted octanol–water partition coefficient (Wildman–Crippen LogP) is 2.21. The van der Waals surface area contributed by atoms with E-state index in [4.69, 9.17) is 0 Å². The third-order valence-electron chi connectivity index (χ3n) is 4.49. The number of hydrogen-bond donors (Lipinski definition) is 1. The van der Waals surface area contributed by atoms with Crippen LogP contribution in [0.2, 0.25) is 0 Å². The Morgan fingerprint density at radius 3 is 2.34 bits per heavy atom. The molecular weight excluding hydrogens is 503 g/mol. The SMILES string of the molecule is CN=C(NCCS(=O)(=O)c1ccc(C(C)(C)C)cc1)N(C)Cc1ncnn1C.I. The maximum absolute atomic E-state index is 12.6. The van der Waals surface area contributed by atoms with Crippen molar-refractivity contribution in [2.75, 3.05) is 26.4 Å². The molecule has 0 saturated heterocycles. The number of sulfone groups is 1. The number of guanidine groups is 1. The molecule has 1 aromatic carbocycles. The molecule has 0 saturated carbocycles. The molecular formula is C19H31IN6O2S. The first-order valence-electron chi connectivity index (χ1n) is 9.12. The Bertz CT molecular complexity index is 917. The van der Waals surface area contributed by atoms with Crippen LogP contribution in [0.25, 0.3) is 0 Å². The van der Waals surface area contributed by atoms with Gasteiger partial charge < -0.3 is 10.2 Å². The van der Waals surface area contributed by atoms with E-state index >= 15 is 0 Å². The molecule has 2 aromatic rings. The van der Waals surface area contributed by atoms with Crippen molar-refractivity contribution >= 4 is 39.8 Å². The molecule has 1 heterocycles. The summed E-state index contributed by atoms with van der Waals surface area (Å²) in [6.07, 6.45) is 1.50. The maximum atomic E-state index is 12.6. The zero-order chi connectivity index (χ0) is 20.9. The van der Waals surface area contributed by atoms with E-state index < -0.39 is 9.84 Å². The molecule has 0 bridgehead atoms. The molecule has 0 spiro atoms. The molecule has 0 aliphatic rings. The first-order valence-corrected chi connectivity index (χ1v) is 10.8. The monoisotopic (exact) mass is 534 g/mol. The summed E-state index contributed by atoms with van der Waals surface area (Å²) in [4.78, 5) is 10.6. The minimum absolute atomic E-state index is 0. The number of hydrogen-bond acceptors (Lipinski definition) is 5. The van der Waals surface area contributed by atoms with Crippen molar-refractivity contribution in [3.63, 3.8) is 0 Å². The van der Waals surface area contributed by atoms with Gasteiger partial charge in [-0.2, -0.15) is 5.10 Å². The molecule has 162 valence electrons. The summed E-state index contributed by atoms with van der Waals surface area (Å²) in [6, 6.07) is 7.14. The molecule has 29 heavy (non-hydrogen) atoms. The second-order valence-electron chi connectivity index (χ2n) is 7.72. The van der Waals surface area contributed by atoms with Crippen LogP contribution in [0, 0.1) is 0 Å². The van der Waals surface area contributed by atoms with Crippen LogP contribution in [-0.4, -0.2) is 60.4 Å². The van der Waals surface area contributed by atoms with Crippen molar-refractivity contribution in [3.8, 4) is 0 Å². The minimum Gasteiger partial charge on any atom is -0.355 e. The van der Waals surface area contributed by atoms with Gasteiger partial charge in [0.05, 0.1) is 17.2 Å². The van der Waals surface area contributed by atoms with Gasteiger partial charge in [0.2, 0.25) is 0 Å². The predicted molar refractivity (Wildman–Crippen MR) is 126 cm³/mol. The summed E-state index contributed by atoms with van der Waals surface area (Å²) >= 11 is 0. The summed E-state index contributed by atoms with van der Waals surface area (Å²) in [6.45, 7) is 7.08. The minimum atomic E-state index is -3.37. The Balaban J connectivity index is 0.00000420. The third kappa shape index (κ3) is 6.95. The second-order valence-corrected chi connectivity index (χ2v) is 9.83. The van der Waals surface area contributed by atoms with Gasteiger partial charge >= 0.3 is 0 Å². The quantitative estimate of drug-likeness (QED) is 0.347. The summed E-state index contributed by atoms with van der Waals surface area (Å²) < 4.78 is 26.9. The molecule has 0 radical (unpaired) electrons. The molecule has 10 heteroatoms. The molecule has 0 unspecified atom stereocenters. The zero-order valence-corrected chi connectivity index (χ0v) is 21.0. The van der Waals surface area contributed by atoms with Gasteiger partial charge in [-0.15, -0.1) is 24.0 Å². The zero-order valence-electron chi connectivity index (χ0n) is 17.9. The molecule has 0 atom stereocenters. The Hall–Kier alpha value is -1.69. The van der Waals surface area contributed by atoms with Crippen LogP contribution in [0.1, 0.15) is 32.2 Å². The summed E-state index contributed by atoms with van der Waals surface area (Å²) in [5, 5.41) is 7.15. The van der Waals surface area contributed by atoms with Gasteiger partial charge in [0, 0.05) is 27.7 Å². The first-order chi connectivity index (χ1) is 13.0. The fraction of sp³-hybridized carbons (Fsp3) is 0.526. The van der Waals surface area contributed by atoms with Gasteiger partial charge in [0.1, 0.15) is 12.2 Å². The van der Waals surface area contributed by atoms with Crippen LogP contribution in [0.3, 0.4) is 0 Å². The van der Waals surface area contributed by atoms with Crippen molar-refractivity contribution in [3.05, 3.63) is 42.0 Å². The van der Waals surface area contributed by atoms with E-state index in [1.807, 2.05) is 31.1 Å². The van der Waals surface area contributed by atoms with Crippen molar-refractivity contribution in [1.82, 2.24) is 25.0 Å². The Kier molecular flexibility index (Phi) is 9.07. The third-order valence-corrected chi connectivity index (χ3v) is 6.22. The van der Waals surface area contributed by atoms with E-state index in [1.165, 1.54) is 6.33 Å². The number of nitrogens with one attached hydrogen (secondary N) is 1. The Morgan fingerprint density at radius 2 is 1.86 bits per heavy atom. The smallest absolute Gasteiger partial charge is 0.193 e. The Morgan fingerprint density at radius 1 is 1.24 bits per heavy atom. The average molecular weight is 534 g/mol. The lowest BCUT2D eigenvalue weighted by Gasteiger charge is -2.21. The van der Waals surface area contributed by atoms with Crippen molar-refractivity contribution in [2.45, 2.75) is 37.6 Å². The molecule has 0 aliphatic carbocycles. The van der Waals surface area contributed by atoms with Gasteiger partial charge in [-0.1, -0.05) is 32.9 Å². The van der Waals surface area contributed by atoms with Gasteiger partial charge in [-0.3, -0.25) is 9.67 Å². The first kappa shape index (κ1) is 25.3. The van der Waals surface area contributed by atoms with Gasteiger partial charge in [-0.05, 0) is 23.1 Å². The standard InChI is InChI=1S/C19H30N6O2S.HI/c1-19(2,3)15-7-9-16(10-8-15)28(26,27)12-11-21-18(20-4)24(5)13-17-22-14-23-25(17)6;/h7-10,14H,11-13H2,1-6H3,(H,20,21);1H.